The summed E-state index contributed by atoms with van der Waals surface area (Å²) in [5, 5.41) is 9.09. The topological polar surface area (TPSA) is 83.5 Å². The van der Waals surface area contributed by atoms with Crippen LogP contribution in [0.4, 0.5) is 0 Å². The van der Waals surface area contributed by atoms with Crippen LogP contribution in [0.15, 0.2) is 0 Å². The Hall–Kier alpha value is -0.665. The Balaban J connectivity index is 0.00000480. The van der Waals surface area contributed by atoms with Crippen LogP contribution in [-0.4, -0.2) is 56.7 Å². The molecule has 0 radical (unpaired) electrons. The zero-order valence-electron chi connectivity index (χ0n) is 19.9. The molecular formula is C22H43BO7. The molecule has 2 fully saturated rings. The molecule has 2 heterocycles. The van der Waals surface area contributed by atoms with Crippen molar-refractivity contribution in [2.75, 3.05) is 26.4 Å². The lowest BCUT2D eigenvalue weighted by atomic mass is 10.0. The van der Waals surface area contributed by atoms with Crippen LogP contribution in [0.3, 0.4) is 0 Å². The summed E-state index contributed by atoms with van der Waals surface area (Å²) in [6, 6.07) is 0. The zero-order valence-corrected chi connectivity index (χ0v) is 18.9. The van der Waals surface area contributed by atoms with Gasteiger partial charge in [-0.15, -0.1) is 0 Å². The number of carbonyl (C=O) groups is 1. The maximum Gasteiger partial charge on any atom is 1.00 e. The lowest BCUT2D eigenvalue weighted by Gasteiger charge is -2.28. The molecule has 0 aromatic carbocycles. The van der Waals surface area contributed by atoms with Gasteiger partial charge in [0, 0.05) is 19.6 Å². The van der Waals surface area contributed by atoms with E-state index in [4.69, 9.17) is 28.5 Å². The Kier molecular flexibility index (Phi) is 13.0. The van der Waals surface area contributed by atoms with E-state index in [1.54, 1.807) is 0 Å². The maximum atomic E-state index is 11.9. The highest BCUT2D eigenvalue weighted by Crippen LogP contribution is 2.28. The number of hydrogen-bond acceptors (Lipinski definition) is 7. The van der Waals surface area contributed by atoms with E-state index in [0.717, 1.165) is 12.8 Å². The second-order valence-electron chi connectivity index (χ2n) is 8.62. The van der Waals surface area contributed by atoms with Crippen molar-refractivity contribution in [3.8, 4) is 0 Å². The van der Waals surface area contributed by atoms with E-state index in [0.29, 0.717) is 6.42 Å². The molecule has 176 valence electrons. The van der Waals surface area contributed by atoms with Gasteiger partial charge in [-0.3, -0.25) is 4.79 Å². The van der Waals surface area contributed by atoms with Gasteiger partial charge >= 0.3 is 14.4 Å². The Morgan fingerprint density at radius 2 is 1.37 bits per heavy atom. The molecule has 2 rings (SSSR count). The molecule has 2 aliphatic rings. The van der Waals surface area contributed by atoms with Crippen LogP contribution in [0.5, 0.6) is 0 Å². The van der Waals surface area contributed by atoms with E-state index in [1.807, 2.05) is 0 Å². The van der Waals surface area contributed by atoms with Gasteiger partial charge in [-0.1, -0.05) is 84.0 Å². The van der Waals surface area contributed by atoms with Crippen molar-refractivity contribution in [3.63, 3.8) is 0 Å². The van der Waals surface area contributed by atoms with Gasteiger partial charge in [0.15, 0.2) is 0 Å². The number of aliphatic hydroxyl groups excluding tert-OH is 1. The molecule has 2 aliphatic heterocycles. The molecule has 1 N–H and O–H groups in total. The summed E-state index contributed by atoms with van der Waals surface area (Å²) in [4.78, 5) is 11.9. The Morgan fingerprint density at radius 1 is 0.867 bits per heavy atom. The van der Waals surface area contributed by atoms with Crippen LogP contribution in [0.25, 0.3) is 0 Å². The molecule has 3 atom stereocenters. The molecule has 7 nitrogen and oxygen atoms in total. The number of esters is 1. The van der Waals surface area contributed by atoms with Gasteiger partial charge < -0.3 is 28.5 Å². The summed E-state index contributed by atoms with van der Waals surface area (Å²) in [5.74, 6) is -0.198. The Morgan fingerprint density at radius 3 is 1.90 bits per heavy atom. The van der Waals surface area contributed by atoms with Gasteiger partial charge in [0.2, 0.25) is 0 Å². The number of aliphatic hydroxyl groups is 1. The standard InChI is InChI=1S/C22H42BO7/c1-2-3-4-5-6-7-8-9-10-11-12-13-14-15-22(25)26-17-21-19-28-23(30-21)27-18-20(16-24)29-23/h20-21,24H,2-19H2,1H3/q-1/p+1. The minimum Gasteiger partial charge on any atom is -0.517 e. The third-order valence-electron chi connectivity index (χ3n) is 5.81. The van der Waals surface area contributed by atoms with Crippen LogP contribution in [0, 0.1) is 0 Å². The van der Waals surface area contributed by atoms with E-state index >= 15 is 0 Å². The van der Waals surface area contributed by atoms with Gasteiger partial charge in [-0.2, -0.15) is 0 Å². The van der Waals surface area contributed by atoms with Crippen molar-refractivity contribution in [1.29, 1.82) is 0 Å². The molecule has 2 saturated heterocycles. The van der Waals surface area contributed by atoms with Crippen molar-refractivity contribution in [3.05, 3.63) is 0 Å². The van der Waals surface area contributed by atoms with E-state index in [2.05, 4.69) is 6.92 Å². The average Bonchev–Trinajstić information content (AvgIpc) is 3.36. The van der Waals surface area contributed by atoms with Crippen LogP contribution < -0.4 is 0 Å². The lowest BCUT2D eigenvalue weighted by Crippen LogP contribution is -2.41. The molecule has 0 aromatic rings. The highest BCUT2D eigenvalue weighted by atomic mass is 16.9. The number of hydrogen-bond donors (Lipinski definition) is 1. The summed E-state index contributed by atoms with van der Waals surface area (Å²) >= 11 is 0. The summed E-state index contributed by atoms with van der Waals surface area (Å²) in [6.45, 7) is 0.501. The Bertz CT molecular complexity index is 471. The number of unbranched alkanes of at least 4 members (excludes halogenated alkanes) is 12. The molecule has 0 bridgehead atoms. The fourth-order valence-corrected chi connectivity index (χ4v) is 3.97. The highest BCUT2D eigenvalue weighted by Gasteiger charge is 2.46. The largest absolute Gasteiger partial charge is 1.00 e. The first-order valence-electron chi connectivity index (χ1n) is 12.2. The van der Waals surface area contributed by atoms with Crippen molar-refractivity contribution in [2.45, 2.75) is 109 Å². The summed E-state index contributed by atoms with van der Waals surface area (Å²) in [7, 11) is 0. The molecule has 8 heteroatoms. The zero-order chi connectivity index (χ0) is 21.5. The predicted molar refractivity (Wildman–Crippen MR) is 117 cm³/mol. The SMILES string of the molecule is CCCCCCCCCCCCCCCC(=O)OCC1CO[B-]2(OCC(CO)O2)O1.[H+]. The molecule has 0 aliphatic carbocycles. The second-order valence-corrected chi connectivity index (χ2v) is 8.62. The molecule has 0 aromatic heterocycles. The Labute approximate surface area is 183 Å². The monoisotopic (exact) mass is 430 g/mol. The molecular weight excluding hydrogens is 387 g/mol. The molecule has 3 unspecified atom stereocenters. The maximum absolute atomic E-state index is 11.9. The third-order valence-corrected chi connectivity index (χ3v) is 5.81. The van der Waals surface area contributed by atoms with Gasteiger partial charge in [0.25, 0.3) is 0 Å². The van der Waals surface area contributed by atoms with Crippen molar-refractivity contribution < 1.29 is 34.7 Å². The summed E-state index contributed by atoms with van der Waals surface area (Å²) < 4.78 is 27.2. The fraction of sp³-hybridized carbons (Fsp3) is 0.955. The van der Waals surface area contributed by atoms with Gasteiger partial charge in [0.05, 0.1) is 18.8 Å². The normalized spacial score (nSPS) is 25.9. The summed E-state index contributed by atoms with van der Waals surface area (Å²) in [5.41, 5.74) is 0. The molecule has 30 heavy (non-hydrogen) atoms. The number of ether oxygens (including phenoxy) is 1. The van der Waals surface area contributed by atoms with Gasteiger partial charge in [0.1, 0.15) is 6.61 Å². The highest BCUT2D eigenvalue weighted by molar-refractivity contribution is 6.54. The molecule has 0 saturated carbocycles. The molecule has 0 amide bonds. The second kappa shape index (κ2) is 15.2. The third kappa shape index (κ3) is 10.1. The average molecular weight is 430 g/mol. The van der Waals surface area contributed by atoms with E-state index < -0.39 is 19.2 Å². The first kappa shape index (κ1) is 25.6. The van der Waals surface area contributed by atoms with Crippen molar-refractivity contribution in [1.82, 2.24) is 0 Å². The van der Waals surface area contributed by atoms with Gasteiger partial charge in [-0.25, -0.2) is 0 Å². The van der Waals surface area contributed by atoms with Gasteiger partial charge in [-0.05, 0) is 6.42 Å². The first-order chi connectivity index (χ1) is 14.7. The van der Waals surface area contributed by atoms with Crippen molar-refractivity contribution in [2.24, 2.45) is 0 Å². The van der Waals surface area contributed by atoms with Crippen molar-refractivity contribution >= 4 is 12.9 Å². The fourth-order valence-electron chi connectivity index (χ4n) is 3.97. The van der Waals surface area contributed by atoms with Crippen LogP contribution >= 0.6 is 0 Å². The first-order valence-corrected chi connectivity index (χ1v) is 12.2. The number of rotatable bonds is 17. The lowest BCUT2D eigenvalue weighted by molar-refractivity contribution is -0.146. The minimum absolute atomic E-state index is 0. The van der Waals surface area contributed by atoms with E-state index in [9.17, 15) is 4.79 Å². The molecule has 1 spiro atoms. The summed E-state index contributed by atoms with van der Waals surface area (Å²) in [6.07, 6.45) is 16.3. The predicted octanol–water partition coefficient (Wildman–Crippen LogP) is 4.38. The quantitative estimate of drug-likeness (QED) is 0.208. The smallest absolute Gasteiger partial charge is 0.517 e. The van der Waals surface area contributed by atoms with Crippen LogP contribution in [0.1, 0.15) is 98.2 Å². The number of carbonyl (C=O) groups excluding carboxylic acids is 1. The van der Waals surface area contributed by atoms with E-state index in [-0.39, 0.29) is 33.8 Å². The minimum atomic E-state index is -2.24. The van der Waals surface area contributed by atoms with Crippen LogP contribution in [-0.2, 0) is 28.1 Å². The van der Waals surface area contributed by atoms with Crippen LogP contribution in [0.2, 0.25) is 0 Å². The van der Waals surface area contributed by atoms with E-state index in [1.165, 1.54) is 70.6 Å².